The number of hydrogen-bond donors (Lipinski definition) is 2. The second-order valence-corrected chi connectivity index (χ2v) is 5.14. The number of hydrogen-bond acceptors (Lipinski definition) is 3. The van der Waals surface area contributed by atoms with Crippen molar-refractivity contribution in [2.75, 3.05) is 0 Å². The molecule has 0 fully saturated rings. The second kappa shape index (κ2) is 5.44. The summed E-state index contributed by atoms with van der Waals surface area (Å²) < 4.78 is 0. The number of aromatic amines is 1. The van der Waals surface area contributed by atoms with Gasteiger partial charge in [0.1, 0.15) is 0 Å². The molecule has 1 amide bonds. The van der Waals surface area contributed by atoms with Crippen LogP contribution in [0, 0.1) is 13.8 Å². The quantitative estimate of drug-likeness (QED) is 0.686. The van der Waals surface area contributed by atoms with Gasteiger partial charge in [-0.25, -0.2) is 0 Å². The van der Waals surface area contributed by atoms with E-state index in [0.717, 1.165) is 22.0 Å². The number of aromatic hydroxyl groups is 1. The lowest BCUT2D eigenvalue weighted by molar-refractivity contribution is 0.0994. The minimum absolute atomic E-state index is 0.0920. The highest BCUT2D eigenvalue weighted by molar-refractivity contribution is 5.98. The number of carbonyl (C=O) groups excluding carboxylic acids is 1. The standard InChI is InChI=1S/C17H15N3O2/c1-10-6-3-4-8-12(10)16(21)20-19-15-13-9-5-7-11(2)14(13)18-17(15)22/h3-9,18,22H,1-2H3. The van der Waals surface area contributed by atoms with Crippen LogP contribution in [-0.4, -0.2) is 16.0 Å². The van der Waals surface area contributed by atoms with Gasteiger partial charge in [0.05, 0.1) is 5.52 Å². The van der Waals surface area contributed by atoms with Gasteiger partial charge in [-0.3, -0.25) is 4.79 Å². The average Bonchev–Trinajstić information content (AvgIpc) is 2.82. The fourth-order valence-electron chi connectivity index (χ4n) is 2.40. The van der Waals surface area contributed by atoms with Crippen LogP contribution in [0.4, 0.5) is 5.69 Å². The summed E-state index contributed by atoms with van der Waals surface area (Å²) in [5, 5.41) is 18.4. The molecule has 5 nitrogen and oxygen atoms in total. The molecular formula is C17H15N3O2. The normalized spacial score (nSPS) is 11.4. The third-order valence-corrected chi connectivity index (χ3v) is 3.61. The number of aromatic nitrogens is 1. The number of nitrogens with zero attached hydrogens (tertiary/aromatic N) is 2. The smallest absolute Gasteiger partial charge is 0.295 e. The number of amides is 1. The van der Waals surface area contributed by atoms with E-state index in [1.54, 1.807) is 12.1 Å². The lowest BCUT2D eigenvalue weighted by atomic mass is 10.1. The molecule has 0 aliphatic rings. The van der Waals surface area contributed by atoms with E-state index in [0.29, 0.717) is 5.56 Å². The molecule has 1 heterocycles. The van der Waals surface area contributed by atoms with Crippen molar-refractivity contribution in [2.45, 2.75) is 13.8 Å². The first-order valence-corrected chi connectivity index (χ1v) is 6.90. The number of para-hydroxylation sites is 1. The van der Waals surface area contributed by atoms with Crippen molar-refractivity contribution in [3.8, 4) is 5.88 Å². The molecule has 0 saturated heterocycles. The molecule has 0 aliphatic heterocycles. The van der Waals surface area contributed by atoms with Gasteiger partial charge >= 0.3 is 0 Å². The van der Waals surface area contributed by atoms with Gasteiger partial charge in [-0.2, -0.15) is 0 Å². The highest BCUT2D eigenvalue weighted by Crippen LogP contribution is 2.36. The first-order chi connectivity index (χ1) is 10.6. The largest absolute Gasteiger partial charge is 0.493 e. The minimum Gasteiger partial charge on any atom is -0.493 e. The lowest BCUT2D eigenvalue weighted by Crippen LogP contribution is -1.96. The van der Waals surface area contributed by atoms with Gasteiger partial charge in [0, 0.05) is 10.9 Å². The summed E-state index contributed by atoms with van der Waals surface area (Å²) in [6, 6.07) is 12.8. The summed E-state index contributed by atoms with van der Waals surface area (Å²) in [4.78, 5) is 15.0. The van der Waals surface area contributed by atoms with Gasteiger partial charge in [-0.1, -0.05) is 36.4 Å². The molecule has 2 N–H and O–H groups in total. The van der Waals surface area contributed by atoms with Crippen molar-refractivity contribution in [1.82, 2.24) is 4.98 Å². The van der Waals surface area contributed by atoms with Crippen LogP contribution >= 0.6 is 0 Å². The van der Waals surface area contributed by atoms with E-state index in [1.165, 1.54) is 0 Å². The minimum atomic E-state index is -0.431. The Balaban J connectivity index is 2.00. The molecule has 3 aromatic rings. The van der Waals surface area contributed by atoms with E-state index < -0.39 is 5.91 Å². The Hall–Kier alpha value is -2.95. The third kappa shape index (κ3) is 2.37. The molecule has 0 unspecified atom stereocenters. The first kappa shape index (κ1) is 14.0. The zero-order valence-electron chi connectivity index (χ0n) is 12.3. The molecule has 0 saturated carbocycles. The Morgan fingerprint density at radius 2 is 1.77 bits per heavy atom. The van der Waals surface area contributed by atoms with Crippen molar-refractivity contribution in [3.05, 3.63) is 59.2 Å². The van der Waals surface area contributed by atoms with Crippen LogP contribution in [0.2, 0.25) is 0 Å². The monoisotopic (exact) mass is 293 g/mol. The fraction of sp³-hybridized carbons (Fsp3) is 0.118. The Morgan fingerprint density at radius 1 is 1.05 bits per heavy atom. The topological polar surface area (TPSA) is 77.8 Å². The van der Waals surface area contributed by atoms with E-state index in [2.05, 4.69) is 15.2 Å². The molecule has 2 aromatic carbocycles. The zero-order chi connectivity index (χ0) is 15.7. The predicted molar refractivity (Wildman–Crippen MR) is 84.7 cm³/mol. The van der Waals surface area contributed by atoms with Crippen LogP contribution in [0.5, 0.6) is 5.88 Å². The summed E-state index contributed by atoms with van der Waals surface area (Å²) in [6.07, 6.45) is 0. The number of H-pyrrole nitrogens is 1. The van der Waals surface area contributed by atoms with E-state index in [9.17, 15) is 9.90 Å². The number of rotatable bonds is 2. The van der Waals surface area contributed by atoms with Crippen LogP contribution in [0.1, 0.15) is 21.5 Å². The molecule has 0 bridgehead atoms. The van der Waals surface area contributed by atoms with Crippen LogP contribution in [-0.2, 0) is 0 Å². The average molecular weight is 293 g/mol. The molecule has 0 atom stereocenters. The summed E-state index contributed by atoms with van der Waals surface area (Å²) >= 11 is 0. The van der Waals surface area contributed by atoms with Crippen LogP contribution in [0.25, 0.3) is 10.9 Å². The Kier molecular flexibility index (Phi) is 3.47. The summed E-state index contributed by atoms with van der Waals surface area (Å²) in [6.45, 7) is 3.77. The van der Waals surface area contributed by atoms with Gasteiger partial charge < -0.3 is 10.1 Å². The van der Waals surface area contributed by atoms with E-state index >= 15 is 0 Å². The first-order valence-electron chi connectivity index (χ1n) is 6.90. The second-order valence-electron chi connectivity index (χ2n) is 5.14. The summed E-state index contributed by atoms with van der Waals surface area (Å²) in [5.74, 6) is -0.523. The fourth-order valence-corrected chi connectivity index (χ4v) is 2.40. The molecule has 0 radical (unpaired) electrons. The van der Waals surface area contributed by atoms with Gasteiger partial charge in [-0.05, 0) is 31.0 Å². The molecule has 5 heteroatoms. The molecular weight excluding hydrogens is 278 g/mol. The predicted octanol–water partition coefficient (Wildman–Crippen LogP) is 4.41. The highest BCUT2D eigenvalue weighted by Gasteiger charge is 2.13. The number of fused-ring (bicyclic) bond motifs is 1. The van der Waals surface area contributed by atoms with Gasteiger partial charge in [0.2, 0.25) is 5.88 Å². The molecule has 0 spiro atoms. The highest BCUT2D eigenvalue weighted by atomic mass is 16.3. The molecule has 0 aliphatic carbocycles. The van der Waals surface area contributed by atoms with E-state index in [4.69, 9.17) is 0 Å². The number of nitrogens with one attached hydrogen (secondary N) is 1. The third-order valence-electron chi connectivity index (χ3n) is 3.61. The zero-order valence-corrected chi connectivity index (χ0v) is 12.3. The summed E-state index contributed by atoms with van der Waals surface area (Å²) in [7, 11) is 0. The lowest BCUT2D eigenvalue weighted by Gasteiger charge is -1.98. The van der Waals surface area contributed by atoms with Gasteiger partial charge in [-0.15, -0.1) is 10.2 Å². The van der Waals surface area contributed by atoms with Crippen molar-refractivity contribution in [1.29, 1.82) is 0 Å². The number of benzene rings is 2. The molecule has 110 valence electrons. The Labute approximate surface area is 127 Å². The molecule has 3 rings (SSSR count). The van der Waals surface area contributed by atoms with Crippen molar-refractivity contribution in [2.24, 2.45) is 10.2 Å². The SMILES string of the molecule is Cc1ccccc1C(=O)N=Nc1c(O)[nH]c2c(C)cccc12. The van der Waals surface area contributed by atoms with Crippen LogP contribution in [0.15, 0.2) is 52.7 Å². The molecule has 1 aromatic heterocycles. The van der Waals surface area contributed by atoms with Gasteiger partial charge in [0.25, 0.3) is 5.91 Å². The van der Waals surface area contributed by atoms with Crippen molar-refractivity contribution < 1.29 is 9.90 Å². The molecule has 22 heavy (non-hydrogen) atoms. The van der Waals surface area contributed by atoms with Crippen molar-refractivity contribution in [3.63, 3.8) is 0 Å². The van der Waals surface area contributed by atoms with E-state index in [1.807, 2.05) is 44.2 Å². The Morgan fingerprint density at radius 3 is 2.55 bits per heavy atom. The Bertz CT molecular complexity index is 894. The van der Waals surface area contributed by atoms with Crippen LogP contribution < -0.4 is 0 Å². The number of aryl methyl sites for hydroxylation is 2. The van der Waals surface area contributed by atoms with Crippen molar-refractivity contribution >= 4 is 22.5 Å². The maximum atomic E-state index is 12.1. The number of azo groups is 1. The van der Waals surface area contributed by atoms with Crippen LogP contribution in [0.3, 0.4) is 0 Å². The van der Waals surface area contributed by atoms with E-state index in [-0.39, 0.29) is 11.6 Å². The maximum absolute atomic E-state index is 12.1. The maximum Gasteiger partial charge on any atom is 0.295 e. The summed E-state index contributed by atoms with van der Waals surface area (Å²) in [5.41, 5.74) is 3.39. The number of carbonyl (C=O) groups is 1. The van der Waals surface area contributed by atoms with Gasteiger partial charge in [0.15, 0.2) is 5.69 Å².